The van der Waals surface area contributed by atoms with Gasteiger partial charge < -0.3 is 14.2 Å². The summed E-state index contributed by atoms with van der Waals surface area (Å²) in [6, 6.07) is 9.28. The van der Waals surface area contributed by atoms with Crippen LogP contribution >= 0.6 is 0 Å². The quantitative estimate of drug-likeness (QED) is 0.857. The van der Waals surface area contributed by atoms with Crippen molar-refractivity contribution >= 4 is 11.8 Å². The molecule has 0 N–H and O–H groups in total. The van der Waals surface area contributed by atoms with Gasteiger partial charge in [-0.3, -0.25) is 9.59 Å². The van der Waals surface area contributed by atoms with E-state index in [9.17, 15) is 14.0 Å². The Balaban J connectivity index is 1.88. The molecule has 0 aliphatic carbocycles. The van der Waals surface area contributed by atoms with Crippen molar-refractivity contribution in [3.8, 4) is 0 Å². The molecule has 1 aromatic heterocycles. The minimum Gasteiger partial charge on any atom is -0.467 e. The van der Waals surface area contributed by atoms with Crippen LogP contribution in [-0.2, 0) is 16.1 Å². The molecule has 5 nitrogen and oxygen atoms in total. The van der Waals surface area contributed by atoms with Crippen LogP contribution in [0.2, 0.25) is 0 Å². The summed E-state index contributed by atoms with van der Waals surface area (Å²) in [5.41, 5.74) is 0.378. The fraction of sp³-hybridized carbons (Fsp3) is 0.368. The summed E-state index contributed by atoms with van der Waals surface area (Å²) < 4.78 is 19.6. The van der Waals surface area contributed by atoms with E-state index < -0.39 is 17.8 Å². The fourth-order valence-corrected chi connectivity index (χ4v) is 3.43. The first-order chi connectivity index (χ1) is 12.0. The predicted molar refractivity (Wildman–Crippen MR) is 89.8 cm³/mol. The smallest absolute Gasteiger partial charge is 0.228 e. The van der Waals surface area contributed by atoms with Gasteiger partial charge >= 0.3 is 0 Å². The lowest BCUT2D eigenvalue weighted by atomic mass is 9.83. The first kappa shape index (κ1) is 17.2. The van der Waals surface area contributed by atoms with Crippen LogP contribution in [0.4, 0.5) is 4.39 Å². The Hall–Kier alpha value is -2.63. The normalized spacial score (nSPS) is 20.6. The van der Waals surface area contributed by atoms with Crippen molar-refractivity contribution in [2.45, 2.75) is 25.4 Å². The van der Waals surface area contributed by atoms with E-state index in [4.69, 9.17) is 4.42 Å². The standard InChI is InChI=1S/C19H21FN2O3/c1-21(12-13-6-5-11-25-13)19(24)15-9-10-17(23)22(2)18(15)14-7-3-4-8-16(14)20/h3-8,11,15,18H,9-10,12H2,1-2H3/t15-,18+/m1/s1. The molecule has 0 saturated carbocycles. The first-order valence-electron chi connectivity index (χ1n) is 8.26. The van der Waals surface area contributed by atoms with Crippen LogP contribution in [0, 0.1) is 11.7 Å². The number of carbonyl (C=O) groups excluding carboxylic acids is 2. The summed E-state index contributed by atoms with van der Waals surface area (Å²) in [6.07, 6.45) is 2.25. The van der Waals surface area contributed by atoms with Crippen molar-refractivity contribution in [1.29, 1.82) is 0 Å². The molecule has 2 aromatic rings. The van der Waals surface area contributed by atoms with Crippen LogP contribution in [0.1, 0.15) is 30.2 Å². The van der Waals surface area contributed by atoms with Gasteiger partial charge in [-0.1, -0.05) is 18.2 Å². The summed E-state index contributed by atoms with van der Waals surface area (Å²) in [6.45, 7) is 0.337. The van der Waals surface area contributed by atoms with Crippen molar-refractivity contribution in [1.82, 2.24) is 9.80 Å². The zero-order chi connectivity index (χ0) is 18.0. The molecule has 0 radical (unpaired) electrons. The zero-order valence-corrected chi connectivity index (χ0v) is 14.3. The molecule has 1 saturated heterocycles. The maximum atomic E-state index is 14.3. The SMILES string of the molecule is CN(Cc1ccco1)C(=O)[C@@H]1CCC(=O)N(C)[C@H]1c1ccccc1F. The van der Waals surface area contributed by atoms with Crippen LogP contribution in [0.3, 0.4) is 0 Å². The third kappa shape index (κ3) is 3.43. The number of carbonyl (C=O) groups is 2. The van der Waals surface area contributed by atoms with Gasteiger partial charge in [-0.15, -0.1) is 0 Å². The van der Waals surface area contributed by atoms with Crippen LogP contribution in [0.5, 0.6) is 0 Å². The molecule has 3 rings (SSSR count). The van der Waals surface area contributed by atoms with E-state index in [1.165, 1.54) is 11.0 Å². The number of piperidine rings is 1. The van der Waals surface area contributed by atoms with Gasteiger partial charge in [-0.25, -0.2) is 4.39 Å². The van der Waals surface area contributed by atoms with Crippen molar-refractivity contribution in [2.75, 3.05) is 14.1 Å². The lowest BCUT2D eigenvalue weighted by molar-refractivity contribution is -0.146. The average Bonchev–Trinajstić information content (AvgIpc) is 3.10. The number of nitrogens with zero attached hydrogens (tertiary/aromatic N) is 2. The summed E-state index contributed by atoms with van der Waals surface area (Å²) in [5, 5.41) is 0. The van der Waals surface area contributed by atoms with Crippen molar-refractivity contribution in [3.05, 3.63) is 59.8 Å². The molecule has 0 spiro atoms. The predicted octanol–water partition coefficient (Wildman–Crippen LogP) is 2.99. The largest absolute Gasteiger partial charge is 0.467 e. The van der Waals surface area contributed by atoms with Gasteiger partial charge in [0.05, 0.1) is 24.8 Å². The Morgan fingerprint density at radius 1 is 1.32 bits per heavy atom. The third-order valence-corrected chi connectivity index (χ3v) is 4.75. The minimum absolute atomic E-state index is 0.0778. The van der Waals surface area contributed by atoms with E-state index in [0.717, 1.165) is 0 Å². The Kier molecular flexibility index (Phi) is 4.88. The van der Waals surface area contributed by atoms with Crippen LogP contribution in [-0.4, -0.2) is 35.7 Å². The number of amides is 2. The Labute approximate surface area is 146 Å². The third-order valence-electron chi connectivity index (χ3n) is 4.75. The van der Waals surface area contributed by atoms with Crippen molar-refractivity contribution in [2.24, 2.45) is 5.92 Å². The molecule has 1 aromatic carbocycles. The molecule has 0 unspecified atom stereocenters. The molecule has 25 heavy (non-hydrogen) atoms. The Bertz CT molecular complexity index is 760. The maximum Gasteiger partial charge on any atom is 0.228 e. The van der Waals surface area contributed by atoms with E-state index in [-0.39, 0.29) is 18.2 Å². The average molecular weight is 344 g/mol. The molecule has 1 aliphatic rings. The number of hydrogen-bond donors (Lipinski definition) is 0. The van der Waals surface area contributed by atoms with E-state index in [1.807, 2.05) is 0 Å². The molecule has 6 heteroatoms. The van der Waals surface area contributed by atoms with Crippen LogP contribution in [0.25, 0.3) is 0 Å². The molecule has 2 heterocycles. The number of benzene rings is 1. The maximum absolute atomic E-state index is 14.3. The highest BCUT2D eigenvalue weighted by Gasteiger charge is 2.41. The molecule has 2 amide bonds. The summed E-state index contributed by atoms with van der Waals surface area (Å²) in [7, 11) is 3.32. The van der Waals surface area contributed by atoms with Gasteiger partial charge in [0, 0.05) is 26.1 Å². The zero-order valence-electron chi connectivity index (χ0n) is 14.3. The highest BCUT2D eigenvalue weighted by atomic mass is 19.1. The van der Waals surface area contributed by atoms with E-state index >= 15 is 0 Å². The summed E-state index contributed by atoms with van der Waals surface area (Å²) in [5.74, 6) is -0.409. The second kappa shape index (κ2) is 7.09. The van der Waals surface area contributed by atoms with Crippen molar-refractivity contribution < 1.29 is 18.4 Å². The highest BCUT2D eigenvalue weighted by molar-refractivity contribution is 5.84. The fourth-order valence-electron chi connectivity index (χ4n) is 3.43. The van der Waals surface area contributed by atoms with E-state index in [0.29, 0.717) is 24.3 Å². The van der Waals surface area contributed by atoms with Gasteiger partial charge in [-0.2, -0.15) is 0 Å². The number of rotatable bonds is 4. The van der Waals surface area contributed by atoms with Crippen molar-refractivity contribution in [3.63, 3.8) is 0 Å². The Morgan fingerprint density at radius 3 is 2.76 bits per heavy atom. The Morgan fingerprint density at radius 2 is 2.08 bits per heavy atom. The molecule has 1 fully saturated rings. The monoisotopic (exact) mass is 344 g/mol. The number of hydrogen-bond acceptors (Lipinski definition) is 3. The molecule has 0 bridgehead atoms. The first-order valence-corrected chi connectivity index (χ1v) is 8.26. The van der Waals surface area contributed by atoms with Gasteiger partial charge in [0.15, 0.2) is 0 Å². The van der Waals surface area contributed by atoms with Gasteiger partial charge in [0.25, 0.3) is 0 Å². The van der Waals surface area contributed by atoms with Gasteiger partial charge in [-0.05, 0) is 24.6 Å². The van der Waals surface area contributed by atoms with E-state index in [2.05, 4.69) is 0 Å². The summed E-state index contributed by atoms with van der Waals surface area (Å²) >= 11 is 0. The molecular formula is C19H21FN2O3. The van der Waals surface area contributed by atoms with E-state index in [1.54, 1.807) is 55.6 Å². The van der Waals surface area contributed by atoms with Crippen LogP contribution in [0.15, 0.2) is 47.1 Å². The topological polar surface area (TPSA) is 53.8 Å². The molecule has 2 atom stereocenters. The summed E-state index contributed by atoms with van der Waals surface area (Å²) in [4.78, 5) is 28.2. The lowest BCUT2D eigenvalue weighted by Crippen LogP contribution is -2.46. The minimum atomic E-state index is -0.603. The van der Waals surface area contributed by atoms with Gasteiger partial charge in [0.2, 0.25) is 11.8 Å². The number of likely N-dealkylation sites (tertiary alicyclic amines) is 1. The second-order valence-electron chi connectivity index (χ2n) is 6.39. The molecule has 1 aliphatic heterocycles. The molecular weight excluding hydrogens is 323 g/mol. The highest BCUT2D eigenvalue weighted by Crippen LogP contribution is 2.37. The second-order valence-corrected chi connectivity index (χ2v) is 6.39. The lowest BCUT2D eigenvalue weighted by Gasteiger charge is -2.40. The number of halogens is 1. The van der Waals surface area contributed by atoms with Crippen LogP contribution < -0.4 is 0 Å². The molecule has 132 valence electrons. The number of furan rings is 1. The van der Waals surface area contributed by atoms with Gasteiger partial charge in [0.1, 0.15) is 11.6 Å².